The molecular formula is C7H22N2O3Si. The van der Waals surface area contributed by atoms with E-state index >= 15 is 0 Å². The molecule has 82 valence electrons. The van der Waals surface area contributed by atoms with Crippen LogP contribution in [0.1, 0.15) is 13.3 Å². The number of nitrogens with one attached hydrogen (secondary N) is 1. The Balaban J connectivity index is 0. The first-order valence-electron chi connectivity index (χ1n) is 4.03. The van der Waals surface area contributed by atoms with Gasteiger partial charge in [-0.25, -0.2) is 0 Å². The lowest BCUT2D eigenvalue weighted by molar-refractivity contribution is 0.107. The fraction of sp³-hybridized carbons (Fsp3) is 1.00. The van der Waals surface area contributed by atoms with E-state index in [1.807, 2.05) is 7.05 Å². The molecule has 0 bridgehead atoms. The SMILES string of the molecule is CCC(NC)[Si](OC)(OC)OC.N. The maximum absolute atomic E-state index is 5.31. The van der Waals surface area contributed by atoms with Gasteiger partial charge in [0.15, 0.2) is 0 Å². The Morgan fingerprint density at radius 1 is 1.15 bits per heavy atom. The summed E-state index contributed by atoms with van der Waals surface area (Å²) in [6.45, 7) is 2.07. The lowest BCUT2D eigenvalue weighted by atomic mass is 10.5. The molecule has 0 aromatic carbocycles. The third-order valence-electron chi connectivity index (χ3n) is 2.04. The van der Waals surface area contributed by atoms with Crippen LogP contribution < -0.4 is 11.5 Å². The normalized spacial score (nSPS) is 13.6. The van der Waals surface area contributed by atoms with Crippen molar-refractivity contribution in [3.63, 3.8) is 0 Å². The third-order valence-corrected chi connectivity index (χ3v) is 5.29. The van der Waals surface area contributed by atoms with E-state index in [1.54, 1.807) is 21.3 Å². The molecule has 4 N–H and O–H groups in total. The van der Waals surface area contributed by atoms with Crippen LogP contribution in [0, 0.1) is 0 Å². The minimum absolute atomic E-state index is 0. The lowest BCUT2D eigenvalue weighted by Crippen LogP contribution is -2.59. The highest BCUT2D eigenvalue weighted by atomic mass is 28.4. The molecule has 0 amide bonds. The molecule has 0 saturated carbocycles. The summed E-state index contributed by atoms with van der Waals surface area (Å²) in [5, 5.41) is 3.13. The topological polar surface area (TPSA) is 74.7 Å². The van der Waals surface area contributed by atoms with Gasteiger partial charge in [-0.1, -0.05) is 6.92 Å². The van der Waals surface area contributed by atoms with E-state index < -0.39 is 8.80 Å². The molecule has 1 unspecified atom stereocenters. The molecule has 0 heterocycles. The van der Waals surface area contributed by atoms with E-state index in [2.05, 4.69) is 12.2 Å². The predicted molar refractivity (Wildman–Crippen MR) is 54.9 cm³/mol. The smallest absolute Gasteiger partial charge is 0.376 e. The molecular weight excluding hydrogens is 188 g/mol. The zero-order valence-electron chi connectivity index (χ0n) is 9.22. The molecule has 0 spiro atoms. The second-order valence-corrected chi connectivity index (χ2v) is 5.59. The van der Waals surface area contributed by atoms with Gasteiger partial charge in [-0.15, -0.1) is 0 Å². The monoisotopic (exact) mass is 210 g/mol. The van der Waals surface area contributed by atoms with Gasteiger partial charge in [0.1, 0.15) is 0 Å². The van der Waals surface area contributed by atoms with Gasteiger partial charge in [0, 0.05) is 21.3 Å². The summed E-state index contributed by atoms with van der Waals surface area (Å²) < 4.78 is 15.9. The molecule has 0 aliphatic rings. The average Bonchev–Trinajstić information content (AvgIpc) is 2.14. The minimum Gasteiger partial charge on any atom is -0.376 e. The van der Waals surface area contributed by atoms with Crippen LogP contribution >= 0.6 is 0 Å². The Hall–Kier alpha value is 0.0169. The molecule has 0 aromatic rings. The Labute approximate surface area is 81.7 Å². The van der Waals surface area contributed by atoms with Gasteiger partial charge >= 0.3 is 8.80 Å². The van der Waals surface area contributed by atoms with Crippen molar-refractivity contribution < 1.29 is 13.3 Å². The zero-order valence-corrected chi connectivity index (χ0v) is 10.2. The molecule has 13 heavy (non-hydrogen) atoms. The van der Waals surface area contributed by atoms with E-state index in [1.165, 1.54) is 0 Å². The van der Waals surface area contributed by atoms with E-state index in [4.69, 9.17) is 13.3 Å². The molecule has 0 aliphatic carbocycles. The van der Waals surface area contributed by atoms with Crippen molar-refractivity contribution >= 4 is 8.80 Å². The average molecular weight is 210 g/mol. The summed E-state index contributed by atoms with van der Waals surface area (Å²) >= 11 is 0. The number of hydrogen-bond acceptors (Lipinski definition) is 5. The van der Waals surface area contributed by atoms with Crippen molar-refractivity contribution in [3.05, 3.63) is 0 Å². The highest BCUT2D eigenvalue weighted by Crippen LogP contribution is 2.13. The zero-order chi connectivity index (χ0) is 9.61. The Morgan fingerprint density at radius 2 is 1.54 bits per heavy atom. The second kappa shape index (κ2) is 7.42. The van der Waals surface area contributed by atoms with Gasteiger partial charge in [-0.2, -0.15) is 0 Å². The Bertz CT molecular complexity index is 110. The van der Waals surface area contributed by atoms with Crippen LogP contribution in [0.2, 0.25) is 0 Å². The maximum atomic E-state index is 5.31. The highest BCUT2D eigenvalue weighted by molar-refractivity contribution is 6.62. The van der Waals surface area contributed by atoms with Crippen LogP contribution in [0.25, 0.3) is 0 Å². The summed E-state index contributed by atoms with van der Waals surface area (Å²) in [6.07, 6.45) is 0.929. The van der Waals surface area contributed by atoms with Crippen molar-refractivity contribution in [2.75, 3.05) is 28.4 Å². The summed E-state index contributed by atoms with van der Waals surface area (Å²) in [4.78, 5) is 0. The lowest BCUT2D eigenvalue weighted by Gasteiger charge is -2.31. The molecule has 0 saturated heterocycles. The van der Waals surface area contributed by atoms with Crippen LogP contribution in [0.3, 0.4) is 0 Å². The first-order chi connectivity index (χ1) is 5.70. The maximum Gasteiger partial charge on any atom is 0.517 e. The minimum atomic E-state index is -2.46. The molecule has 5 nitrogen and oxygen atoms in total. The second-order valence-electron chi connectivity index (χ2n) is 2.47. The molecule has 6 heteroatoms. The predicted octanol–water partition coefficient (Wildman–Crippen LogP) is 0.564. The highest BCUT2D eigenvalue weighted by Gasteiger charge is 2.45. The Kier molecular flexibility index (Phi) is 8.84. The quantitative estimate of drug-likeness (QED) is 0.627. The summed E-state index contributed by atoms with van der Waals surface area (Å²) in [5.74, 6) is 0. The van der Waals surface area contributed by atoms with Crippen LogP contribution in [-0.4, -0.2) is 42.8 Å². The molecule has 0 aromatic heterocycles. The van der Waals surface area contributed by atoms with Gasteiger partial charge < -0.3 is 24.7 Å². The van der Waals surface area contributed by atoms with Crippen molar-refractivity contribution in [3.8, 4) is 0 Å². The van der Waals surface area contributed by atoms with Gasteiger partial charge in [0.05, 0.1) is 5.67 Å². The third kappa shape index (κ3) is 3.33. The van der Waals surface area contributed by atoms with Gasteiger partial charge in [0.25, 0.3) is 0 Å². The first kappa shape index (κ1) is 15.5. The van der Waals surface area contributed by atoms with E-state index in [0.29, 0.717) is 0 Å². The Morgan fingerprint density at radius 3 is 1.62 bits per heavy atom. The van der Waals surface area contributed by atoms with Crippen LogP contribution in [0.5, 0.6) is 0 Å². The van der Waals surface area contributed by atoms with Gasteiger partial charge in [0.2, 0.25) is 0 Å². The fourth-order valence-electron chi connectivity index (χ4n) is 1.31. The van der Waals surface area contributed by atoms with E-state index in [-0.39, 0.29) is 11.8 Å². The van der Waals surface area contributed by atoms with E-state index in [0.717, 1.165) is 6.42 Å². The van der Waals surface area contributed by atoms with Crippen LogP contribution in [0.4, 0.5) is 0 Å². The standard InChI is InChI=1S/C7H19NO3Si.H3N/c1-6-7(8-2)12(9-3,10-4)11-5;/h7-8H,6H2,1-5H3;1H3. The van der Waals surface area contributed by atoms with Crippen molar-refractivity contribution in [1.82, 2.24) is 11.5 Å². The van der Waals surface area contributed by atoms with Crippen LogP contribution in [-0.2, 0) is 13.3 Å². The van der Waals surface area contributed by atoms with E-state index in [9.17, 15) is 0 Å². The van der Waals surface area contributed by atoms with Gasteiger partial charge in [-0.3, -0.25) is 0 Å². The molecule has 0 fully saturated rings. The largest absolute Gasteiger partial charge is 0.517 e. The number of hydrogen-bond donors (Lipinski definition) is 2. The fourth-order valence-corrected chi connectivity index (χ4v) is 3.51. The summed E-state index contributed by atoms with van der Waals surface area (Å²) in [6, 6.07) is 0. The van der Waals surface area contributed by atoms with Crippen molar-refractivity contribution in [1.29, 1.82) is 0 Å². The molecule has 0 radical (unpaired) electrons. The first-order valence-corrected chi connectivity index (χ1v) is 5.83. The molecule has 1 atom stereocenters. The van der Waals surface area contributed by atoms with Crippen LogP contribution in [0.15, 0.2) is 0 Å². The molecule has 0 rings (SSSR count). The number of rotatable bonds is 6. The van der Waals surface area contributed by atoms with Crippen molar-refractivity contribution in [2.24, 2.45) is 0 Å². The molecule has 0 aliphatic heterocycles. The summed E-state index contributed by atoms with van der Waals surface area (Å²) in [5.41, 5.74) is 0.164. The van der Waals surface area contributed by atoms with Gasteiger partial charge in [-0.05, 0) is 13.5 Å². The van der Waals surface area contributed by atoms with Crippen molar-refractivity contribution in [2.45, 2.75) is 19.0 Å². The summed E-state index contributed by atoms with van der Waals surface area (Å²) in [7, 11) is 4.30.